The molecule has 0 spiro atoms. The molecule has 3 N–H and O–H groups in total. The van der Waals surface area contributed by atoms with Crippen LogP contribution in [0.4, 0.5) is 0 Å². The van der Waals surface area contributed by atoms with Crippen LogP contribution in [0.5, 0.6) is 0 Å². The van der Waals surface area contributed by atoms with Crippen LogP contribution in [0.25, 0.3) is 0 Å². The van der Waals surface area contributed by atoms with Gasteiger partial charge in [0.25, 0.3) is 0 Å². The molecule has 5 heteroatoms. The molecule has 1 rings (SSSR count). The van der Waals surface area contributed by atoms with Gasteiger partial charge in [-0.2, -0.15) is 0 Å². The number of halogens is 1. The van der Waals surface area contributed by atoms with E-state index in [0.717, 1.165) is 10.0 Å². The molecule has 0 saturated carbocycles. The number of carboxylic acid groups (broad SMARTS) is 1. The van der Waals surface area contributed by atoms with Crippen LogP contribution in [0.2, 0.25) is 0 Å². The van der Waals surface area contributed by atoms with Gasteiger partial charge in [0.2, 0.25) is 0 Å². The second kappa shape index (κ2) is 4.74. The molecule has 0 aromatic heterocycles. The maximum Gasteiger partial charge on any atom is 0.335 e. The molecule has 0 aliphatic carbocycles. The van der Waals surface area contributed by atoms with E-state index in [1.807, 2.05) is 6.92 Å². The van der Waals surface area contributed by atoms with Gasteiger partial charge in [-0.1, -0.05) is 28.1 Å². The van der Waals surface area contributed by atoms with Crippen LogP contribution >= 0.6 is 15.9 Å². The Kier molecular flexibility index (Phi) is 3.84. The average Bonchev–Trinajstić information content (AvgIpc) is 2.19. The van der Waals surface area contributed by atoms with Gasteiger partial charge in [-0.15, -0.1) is 0 Å². The number of aliphatic carboxylic acids is 1. The monoisotopic (exact) mass is 274 g/mol. The van der Waals surface area contributed by atoms with E-state index in [1.54, 1.807) is 18.2 Å². The van der Waals surface area contributed by atoms with Crippen molar-refractivity contribution in [2.45, 2.75) is 19.1 Å². The predicted octanol–water partition coefficient (Wildman–Crippen LogP) is 1.24. The zero-order valence-electron chi connectivity index (χ0n) is 8.01. The number of aliphatic hydroxyl groups is 2. The zero-order valence-corrected chi connectivity index (χ0v) is 9.60. The van der Waals surface area contributed by atoms with Gasteiger partial charge < -0.3 is 15.3 Å². The van der Waals surface area contributed by atoms with Crippen LogP contribution in [0.1, 0.15) is 17.2 Å². The van der Waals surface area contributed by atoms with Gasteiger partial charge in [0.05, 0.1) is 0 Å². The van der Waals surface area contributed by atoms with Crippen LogP contribution in [-0.4, -0.2) is 27.4 Å². The highest BCUT2D eigenvalue weighted by Gasteiger charge is 2.25. The number of carboxylic acids is 1. The lowest BCUT2D eigenvalue weighted by Gasteiger charge is -2.15. The van der Waals surface area contributed by atoms with Crippen LogP contribution < -0.4 is 0 Å². The van der Waals surface area contributed by atoms with Gasteiger partial charge in [0.1, 0.15) is 6.10 Å². The summed E-state index contributed by atoms with van der Waals surface area (Å²) < 4.78 is 0.761. The molecule has 0 amide bonds. The van der Waals surface area contributed by atoms with Gasteiger partial charge in [0, 0.05) is 4.47 Å². The highest BCUT2D eigenvalue weighted by molar-refractivity contribution is 9.10. The summed E-state index contributed by atoms with van der Waals surface area (Å²) in [6.45, 7) is 1.87. The molecular weight excluding hydrogens is 264 g/mol. The standard InChI is InChI=1S/C10H11BrO4/c1-5-2-3-6(4-7(5)11)8(12)9(13)10(14)15/h2-4,8-9,12-13H,1H3,(H,14,15). The maximum atomic E-state index is 10.4. The van der Waals surface area contributed by atoms with E-state index in [-0.39, 0.29) is 0 Å². The van der Waals surface area contributed by atoms with Crippen molar-refractivity contribution in [3.63, 3.8) is 0 Å². The highest BCUT2D eigenvalue weighted by Crippen LogP contribution is 2.23. The Morgan fingerprint density at radius 1 is 1.40 bits per heavy atom. The Bertz CT molecular complexity index is 378. The first kappa shape index (κ1) is 12.2. The smallest absolute Gasteiger partial charge is 0.335 e. The van der Waals surface area contributed by atoms with E-state index in [2.05, 4.69) is 15.9 Å². The molecule has 2 atom stereocenters. The number of aliphatic hydroxyl groups excluding tert-OH is 2. The largest absolute Gasteiger partial charge is 0.479 e. The molecule has 0 heterocycles. The number of benzene rings is 1. The quantitative estimate of drug-likeness (QED) is 0.775. The van der Waals surface area contributed by atoms with Crippen molar-refractivity contribution >= 4 is 21.9 Å². The van der Waals surface area contributed by atoms with Crippen molar-refractivity contribution in [2.24, 2.45) is 0 Å². The number of hydrogen-bond acceptors (Lipinski definition) is 3. The fraction of sp³-hybridized carbons (Fsp3) is 0.300. The van der Waals surface area contributed by atoms with E-state index in [1.165, 1.54) is 0 Å². The molecule has 82 valence electrons. The SMILES string of the molecule is Cc1ccc(C(O)C(O)C(=O)O)cc1Br. The fourth-order valence-electron chi connectivity index (χ4n) is 1.11. The average molecular weight is 275 g/mol. The lowest BCUT2D eigenvalue weighted by Crippen LogP contribution is -2.27. The van der Waals surface area contributed by atoms with Gasteiger partial charge in [-0.05, 0) is 24.1 Å². The van der Waals surface area contributed by atoms with Crippen molar-refractivity contribution in [2.75, 3.05) is 0 Å². The number of aryl methyl sites for hydroxylation is 1. The van der Waals surface area contributed by atoms with Gasteiger partial charge in [0.15, 0.2) is 6.10 Å². The summed E-state index contributed by atoms with van der Waals surface area (Å²) in [4.78, 5) is 10.4. The Morgan fingerprint density at radius 3 is 2.47 bits per heavy atom. The van der Waals surface area contributed by atoms with Crippen molar-refractivity contribution in [3.8, 4) is 0 Å². The first-order chi connectivity index (χ1) is 6.93. The lowest BCUT2D eigenvalue weighted by molar-refractivity contribution is -0.153. The Balaban J connectivity index is 2.96. The summed E-state index contributed by atoms with van der Waals surface area (Å²) in [6, 6.07) is 4.90. The fourth-order valence-corrected chi connectivity index (χ4v) is 1.51. The van der Waals surface area contributed by atoms with Crippen molar-refractivity contribution in [1.29, 1.82) is 0 Å². The first-order valence-electron chi connectivity index (χ1n) is 4.28. The molecule has 15 heavy (non-hydrogen) atoms. The van der Waals surface area contributed by atoms with Crippen LogP contribution in [0.3, 0.4) is 0 Å². The first-order valence-corrected chi connectivity index (χ1v) is 5.07. The minimum Gasteiger partial charge on any atom is -0.479 e. The minimum atomic E-state index is -1.81. The third-order valence-electron chi connectivity index (χ3n) is 2.09. The van der Waals surface area contributed by atoms with E-state index >= 15 is 0 Å². The summed E-state index contributed by atoms with van der Waals surface area (Å²) in [5.41, 5.74) is 1.33. The van der Waals surface area contributed by atoms with E-state index < -0.39 is 18.2 Å². The van der Waals surface area contributed by atoms with E-state index in [9.17, 15) is 9.90 Å². The van der Waals surface area contributed by atoms with Crippen LogP contribution in [-0.2, 0) is 4.79 Å². The van der Waals surface area contributed by atoms with Crippen LogP contribution in [0.15, 0.2) is 22.7 Å². The molecule has 0 saturated heterocycles. The molecule has 0 fully saturated rings. The molecule has 4 nitrogen and oxygen atoms in total. The van der Waals surface area contributed by atoms with Gasteiger partial charge >= 0.3 is 5.97 Å². The highest BCUT2D eigenvalue weighted by atomic mass is 79.9. The molecular formula is C10H11BrO4. The minimum absolute atomic E-state index is 0.363. The summed E-state index contributed by atoms with van der Waals surface area (Å²) in [5, 5.41) is 27.2. The molecule has 0 aliphatic heterocycles. The summed E-state index contributed by atoms with van der Waals surface area (Å²) >= 11 is 3.26. The number of hydrogen-bond donors (Lipinski definition) is 3. The normalized spacial score (nSPS) is 14.7. The molecule has 0 aliphatic rings. The second-order valence-corrected chi connectivity index (χ2v) is 4.09. The topological polar surface area (TPSA) is 77.8 Å². The van der Waals surface area contributed by atoms with Gasteiger partial charge in [-0.3, -0.25) is 0 Å². The Hall–Kier alpha value is -0.910. The second-order valence-electron chi connectivity index (χ2n) is 3.24. The molecule has 0 radical (unpaired) electrons. The zero-order chi connectivity index (χ0) is 11.6. The van der Waals surface area contributed by atoms with Crippen molar-refractivity contribution < 1.29 is 20.1 Å². The predicted molar refractivity (Wildman–Crippen MR) is 57.5 cm³/mol. The lowest BCUT2D eigenvalue weighted by atomic mass is 10.0. The third-order valence-corrected chi connectivity index (χ3v) is 2.94. The summed E-state index contributed by atoms with van der Waals surface area (Å²) in [6.07, 6.45) is -3.22. The van der Waals surface area contributed by atoms with E-state index in [0.29, 0.717) is 5.56 Å². The molecule has 2 unspecified atom stereocenters. The Labute approximate surface area is 95.3 Å². The third kappa shape index (κ3) is 2.77. The number of carbonyl (C=O) groups is 1. The molecule has 1 aromatic carbocycles. The van der Waals surface area contributed by atoms with Gasteiger partial charge in [-0.25, -0.2) is 4.79 Å². The maximum absolute atomic E-state index is 10.4. The van der Waals surface area contributed by atoms with Crippen molar-refractivity contribution in [1.82, 2.24) is 0 Å². The Morgan fingerprint density at radius 2 is 2.00 bits per heavy atom. The number of rotatable bonds is 3. The summed E-state index contributed by atoms with van der Waals surface area (Å²) in [7, 11) is 0. The van der Waals surface area contributed by atoms with Crippen LogP contribution in [0, 0.1) is 6.92 Å². The molecule has 0 bridgehead atoms. The van der Waals surface area contributed by atoms with E-state index in [4.69, 9.17) is 10.2 Å². The van der Waals surface area contributed by atoms with Crippen molar-refractivity contribution in [3.05, 3.63) is 33.8 Å². The summed E-state index contributed by atoms with van der Waals surface area (Å²) in [5.74, 6) is -1.45. The molecule has 1 aromatic rings.